The summed E-state index contributed by atoms with van der Waals surface area (Å²) < 4.78 is 7.52. The number of aryl methyl sites for hydroxylation is 1. The third-order valence-electron chi connectivity index (χ3n) is 5.61. The quantitative estimate of drug-likeness (QED) is 0.475. The summed E-state index contributed by atoms with van der Waals surface area (Å²) in [5.41, 5.74) is 4.34. The van der Waals surface area contributed by atoms with Gasteiger partial charge in [-0.3, -0.25) is 0 Å². The maximum absolute atomic E-state index is 12.3. The first-order valence-corrected chi connectivity index (χ1v) is 11.0. The highest BCUT2D eigenvalue weighted by atomic mass is 16.6. The van der Waals surface area contributed by atoms with Crippen LogP contribution in [0.1, 0.15) is 38.7 Å². The van der Waals surface area contributed by atoms with E-state index in [-0.39, 0.29) is 6.09 Å². The maximum atomic E-state index is 12.3. The van der Waals surface area contributed by atoms with E-state index < -0.39 is 5.60 Å². The first-order valence-electron chi connectivity index (χ1n) is 11.0. The van der Waals surface area contributed by atoms with Gasteiger partial charge in [-0.25, -0.2) is 19.7 Å². The fourth-order valence-electron chi connectivity index (χ4n) is 3.97. The van der Waals surface area contributed by atoms with Gasteiger partial charge < -0.3 is 24.3 Å². The van der Waals surface area contributed by atoms with Crippen LogP contribution in [0.25, 0.3) is 22.1 Å². The van der Waals surface area contributed by atoms with Gasteiger partial charge in [-0.2, -0.15) is 0 Å². The Labute approximate surface area is 191 Å². The topological polar surface area (TPSA) is 100 Å². The molecule has 9 nitrogen and oxygen atoms in total. The molecule has 0 bridgehead atoms. The molecule has 0 fully saturated rings. The minimum Gasteiger partial charge on any atom is -0.444 e. The molecule has 0 aromatic carbocycles. The second-order valence-corrected chi connectivity index (χ2v) is 9.21. The molecule has 0 aliphatic carbocycles. The summed E-state index contributed by atoms with van der Waals surface area (Å²) >= 11 is 0. The van der Waals surface area contributed by atoms with E-state index in [0.717, 1.165) is 51.6 Å². The largest absolute Gasteiger partial charge is 0.444 e. The van der Waals surface area contributed by atoms with Crippen LogP contribution in [0.5, 0.6) is 0 Å². The van der Waals surface area contributed by atoms with E-state index in [2.05, 4.69) is 37.4 Å². The maximum Gasteiger partial charge on any atom is 0.410 e. The lowest BCUT2D eigenvalue weighted by atomic mass is 10.1. The number of carbonyl (C=O) groups is 1. The van der Waals surface area contributed by atoms with Crippen LogP contribution in [-0.4, -0.2) is 54.0 Å². The highest BCUT2D eigenvalue weighted by Gasteiger charge is 2.24. The zero-order chi connectivity index (χ0) is 23.2. The van der Waals surface area contributed by atoms with Crippen molar-refractivity contribution in [2.24, 2.45) is 0 Å². The number of nitrogens with zero attached hydrogens (tertiary/aromatic N) is 5. The summed E-state index contributed by atoms with van der Waals surface area (Å²) in [6, 6.07) is 6.10. The van der Waals surface area contributed by atoms with Crippen molar-refractivity contribution in [1.29, 1.82) is 0 Å². The average Bonchev–Trinajstić information content (AvgIpc) is 3.37. The Morgan fingerprint density at radius 3 is 2.82 bits per heavy atom. The number of amides is 1. The number of ether oxygens (including phenoxy) is 1. The highest BCUT2D eigenvalue weighted by molar-refractivity contribution is 5.92. The van der Waals surface area contributed by atoms with Crippen molar-refractivity contribution in [2.45, 2.75) is 39.7 Å². The van der Waals surface area contributed by atoms with Gasteiger partial charge in [-0.05, 0) is 57.9 Å². The smallest absolute Gasteiger partial charge is 0.410 e. The van der Waals surface area contributed by atoms with Crippen molar-refractivity contribution < 1.29 is 9.53 Å². The van der Waals surface area contributed by atoms with E-state index in [1.54, 1.807) is 11.2 Å². The Balaban J connectivity index is 1.37. The monoisotopic (exact) mass is 445 g/mol. The van der Waals surface area contributed by atoms with Crippen LogP contribution in [-0.2, 0) is 4.74 Å². The van der Waals surface area contributed by atoms with E-state index in [1.807, 2.05) is 56.6 Å². The van der Waals surface area contributed by atoms with Crippen molar-refractivity contribution in [3.8, 4) is 0 Å². The van der Waals surface area contributed by atoms with Crippen LogP contribution in [0.15, 0.2) is 43.0 Å². The predicted octanol–water partition coefficient (Wildman–Crippen LogP) is 4.68. The molecule has 4 aromatic rings. The molecule has 0 saturated carbocycles. The summed E-state index contributed by atoms with van der Waals surface area (Å²) in [5, 5.41) is 4.32. The molecule has 5 heterocycles. The number of aromatic nitrogens is 5. The van der Waals surface area contributed by atoms with Gasteiger partial charge in [0, 0.05) is 30.7 Å². The van der Waals surface area contributed by atoms with E-state index in [4.69, 9.17) is 4.74 Å². The predicted molar refractivity (Wildman–Crippen MR) is 128 cm³/mol. The Hall–Kier alpha value is -3.88. The third-order valence-corrected chi connectivity index (χ3v) is 5.61. The van der Waals surface area contributed by atoms with Gasteiger partial charge in [-0.15, -0.1) is 0 Å². The number of hydrogen-bond donors (Lipinski definition) is 2. The number of aromatic amines is 1. The van der Waals surface area contributed by atoms with Gasteiger partial charge in [0.25, 0.3) is 0 Å². The third kappa shape index (κ3) is 4.26. The Kier molecular flexibility index (Phi) is 5.03. The van der Waals surface area contributed by atoms with Crippen LogP contribution >= 0.6 is 0 Å². The number of nitrogens with one attached hydrogen (secondary N) is 2. The number of pyridine rings is 1. The first kappa shape index (κ1) is 21.0. The molecule has 1 amide bonds. The molecule has 1 aliphatic rings. The second kappa shape index (κ2) is 7.91. The number of fused-ring (bicyclic) bond motifs is 2. The molecule has 0 atom stereocenters. The lowest BCUT2D eigenvalue weighted by Gasteiger charge is -2.29. The summed E-state index contributed by atoms with van der Waals surface area (Å²) in [6.45, 7) is 8.73. The molecule has 0 unspecified atom stereocenters. The first-order chi connectivity index (χ1) is 15.8. The molecule has 0 spiro atoms. The van der Waals surface area contributed by atoms with Crippen molar-refractivity contribution in [3.05, 3.63) is 54.5 Å². The van der Waals surface area contributed by atoms with Crippen LogP contribution in [0.2, 0.25) is 0 Å². The number of H-pyrrole nitrogens is 1. The molecule has 5 rings (SSSR count). The van der Waals surface area contributed by atoms with Gasteiger partial charge in [0.2, 0.25) is 0 Å². The van der Waals surface area contributed by atoms with E-state index in [0.29, 0.717) is 13.1 Å². The Morgan fingerprint density at radius 2 is 2.06 bits per heavy atom. The Morgan fingerprint density at radius 1 is 1.21 bits per heavy atom. The van der Waals surface area contributed by atoms with Crippen molar-refractivity contribution in [1.82, 2.24) is 29.2 Å². The van der Waals surface area contributed by atoms with E-state index in [9.17, 15) is 4.79 Å². The molecular formula is C24H27N7O2. The second-order valence-electron chi connectivity index (χ2n) is 9.21. The summed E-state index contributed by atoms with van der Waals surface area (Å²) in [5.74, 6) is 1.68. The van der Waals surface area contributed by atoms with Crippen molar-refractivity contribution >= 4 is 39.7 Å². The van der Waals surface area contributed by atoms with Crippen LogP contribution < -0.4 is 5.32 Å². The fourth-order valence-corrected chi connectivity index (χ4v) is 3.97. The molecule has 170 valence electrons. The minimum atomic E-state index is -0.498. The lowest BCUT2D eigenvalue weighted by Crippen LogP contribution is -2.39. The SMILES string of the molecule is Cc1ncc2cc(Nc3ncnc4[nH]c(C5=CCN(C(=O)OC(C)(C)C)CC5)cc34)ccn12. The standard InChI is InChI=1S/C24H27N7O2/c1-15-25-13-18-11-17(7-10-31(15)18)28-21-19-12-20(29-22(19)27-14-26-21)16-5-8-30(9-6-16)23(32)33-24(2,3)4/h5,7,10-14H,6,8-9H2,1-4H3,(H2,26,27,28,29). The number of anilines is 2. The number of imidazole rings is 1. The average molecular weight is 446 g/mol. The molecule has 1 aliphatic heterocycles. The number of rotatable bonds is 3. The van der Waals surface area contributed by atoms with Crippen LogP contribution in [0.3, 0.4) is 0 Å². The fraction of sp³-hybridized carbons (Fsp3) is 0.333. The van der Waals surface area contributed by atoms with Gasteiger partial charge in [-0.1, -0.05) is 6.08 Å². The van der Waals surface area contributed by atoms with Crippen LogP contribution in [0, 0.1) is 6.92 Å². The summed E-state index contributed by atoms with van der Waals surface area (Å²) in [7, 11) is 0. The summed E-state index contributed by atoms with van der Waals surface area (Å²) in [6.07, 6.45) is 7.90. The molecular weight excluding hydrogens is 418 g/mol. The van der Waals surface area contributed by atoms with Crippen LogP contribution in [0.4, 0.5) is 16.3 Å². The molecule has 4 aromatic heterocycles. The molecule has 33 heavy (non-hydrogen) atoms. The number of carbonyl (C=O) groups excluding carboxylic acids is 1. The zero-order valence-electron chi connectivity index (χ0n) is 19.2. The number of hydrogen-bond acceptors (Lipinski definition) is 6. The van der Waals surface area contributed by atoms with Gasteiger partial charge in [0.1, 0.15) is 29.2 Å². The molecule has 0 saturated heterocycles. The molecule has 2 N–H and O–H groups in total. The highest BCUT2D eigenvalue weighted by Crippen LogP contribution is 2.29. The molecule has 9 heteroatoms. The Bertz CT molecular complexity index is 1380. The van der Waals surface area contributed by atoms with E-state index >= 15 is 0 Å². The minimum absolute atomic E-state index is 0.280. The van der Waals surface area contributed by atoms with Gasteiger partial charge in [0.15, 0.2) is 0 Å². The van der Waals surface area contributed by atoms with Gasteiger partial charge >= 0.3 is 6.09 Å². The van der Waals surface area contributed by atoms with Crippen molar-refractivity contribution in [3.63, 3.8) is 0 Å². The van der Waals surface area contributed by atoms with Gasteiger partial charge in [0.05, 0.1) is 17.1 Å². The molecule has 0 radical (unpaired) electrons. The summed E-state index contributed by atoms with van der Waals surface area (Å²) in [4.78, 5) is 30.7. The lowest BCUT2D eigenvalue weighted by molar-refractivity contribution is 0.0270. The van der Waals surface area contributed by atoms with E-state index in [1.165, 1.54) is 0 Å². The normalized spacial score (nSPS) is 14.5. The van der Waals surface area contributed by atoms with Crippen molar-refractivity contribution in [2.75, 3.05) is 18.4 Å². The zero-order valence-corrected chi connectivity index (χ0v) is 19.2.